The van der Waals surface area contributed by atoms with Gasteiger partial charge in [0.05, 0.1) is 5.69 Å². The van der Waals surface area contributed by atoms with Crippen LogP contribution < -0.4 is 5.32 Å². The summed E-state index contributed by atoms with van der Waals surface area (Å²) in [7, 11) is 0. The van der Waals surface area contributed by atoms with Crippen molar-refractivity contribution in [3.63, 3.8) is 0 Å². The average Bonchev–Trinajstić information content (AvgIpc) is 2.88. The zero-order chi connectivity index (χ0) is 16.6. The fourth-order valence-electron chi connectivity index (χ4n) is 2.32. The van der Waals surface area contributed by atoms with E-state index in [9.17, 15) is 13.6 Å². The molecule has 3 aromatic rings. The summed E-state index contributed by atoms with van der Waals surface area (Å²) < 4.78 is 27.8. The van der Waals surface area contributed by atoms with E-state index < -0.39 is 17.5 Å². The van der Waals surface area contributed by atoms with E-state index in [2.05, 4.69) is 10.3 Å². The molecular formula is C16H12ClF2N3O. The van der Waals surface area contributed by atoms with Gasteiger partial charge < -0.3 is 5.32 Å². The Balaban J connectivity index is 2.01. The number of hydrogen-bond donors (Lipinski definition) is 1. The first-order valence-electron chi connectivity index (χ1n) is 6.92. The van der Waals surface area contributed by atoms with Crippen molar-refractivity contribution in [3.05, 3.63) is 64.6 Å². The lowest BCUT2D eigenvalue weighted by molar-refractivity contribution is 0.102. The Morgan fingerprint density at radius 3 is 2.74 bits per heavy atom. The molecule has 2 aromatic heterocycles. The van der Waals surface area contributed by atoms with Crippen LogP contribution in [0.25, 0.3) is 5.65 Å². The number of aryl methyl sites for hydroxylation is 1. The fraction of sp³-hybridized carbons (Fsp3) is 0.125. The lowest BCUT2D eigenvalue weighted by Crippen LogP contribution is -2.16. The third-order valence-corrected chi connectivity index (χ3v) is 3.62. The van der Waals surface area contributed by atoms with Gasteiger partial charge >= 0.3 is 0 Å². The van der Waals surface area contributed by atoms with Gasteiger partial charge in [-0.25, -0.2) is 13.8 Å². The number of nitrogens with one attached hydrogen (secondary N) is 1. The van der Waals surface area contributed by atoms with Crippen molar-refractivity contribution >= 4 is 28.8 Å². The maximum absolute atomic E-state index is 13.3. The van der Waals surface area contributed by atoms with Crippen LogP contribution in [0.4, 0.5) is 14.5 Å². The molecule has 0 aliphatic carbocycles. The van der Waals surface area contributed by atoms with Crippen LogP contribution in [0.1, 0.15) is 23.1 Å². The number of pyridine rings is 1. The summed E-state index contributed by atoms with van der Waals surface area (Å²) >= 11 is 5.93. The van der Waals surface area contributed by atoms with Crippen molar-refractivity contribution in [2.24, 2.45) is 0 Å². The highest BCUT2D eigenvalue weighted by atomic mass is 35.5. The van der Waals surface area contributed by atoms with Crippen molar-refractivity contribution in [2.75, 3.05) is 5.32 Å². The van der Waals surface area contributed by atoms with Gasteiger partial charge in [0.15, 0.2) is 11.6 Å². The summed E-state index contributed by atoms with van der Waals surface area (Å²) in [5.74, 6) is -2.45. The van der Waals surface area contributed by atoms with Crippen molar-refractivity contribution in [1.29, 1.82) is 0 Å². The van der Waals surface area contributed by atoms with E-state index in [4.69, 9.17) is 11.6 Å². The summed E-state index contributed by atoms with van der Waals surface area (Å²) in [6, 6.07) is 6.47. The quantitative estimate of drug-likeness (QED) is 0.784. The monoisotopic (exact) mass is 335 g/mol. The molecule has 0 atom stereocenters. The summed E-state index contributed by atoms with van der Waals surface area (Å²) in [4.78, 5) is 16.9. The van der Waals surface area contributed by atoms with Crippen LogP contribution in [0.15, 0.2) is 36.5 Å². The summed E-state index contributed by atoms with van der Waals surface area (Å²) in [5, 5.41) is 3.07. The highest BCUT2D eigenvalue weighted by molar-refractivity contribution is 6.30. The molecule has 23 heavy (non-hydrogen) atoms. The lowest BCUT2D eigenvalue weighted by Gasteiger charge is -2.07. The highest BCUT2D eigenvalue weighted by Crippen LogP contribution is 2.20. The molecule has 3 rings (SSSR count). The summed E-state index contributed by atoms with van der Waals surface area (Å²) in [5.41, 5.74) is 1.64. The van der Waals surface area contributed by atoms with Crippen molar-refractivity contribution in [3.8, 4) is 0 Å². The topological polar surface area (TPSA) is 46.4 Å². The van der Waals surface area contributed by atoms with Gasteiger partial charge in [0.2, 0.25) is 0 Å². The molecule has 0 bridgehead atoms. The molecule has 4 nitrogen and oxygen atoms in total. The minimum absolute atomic E-state index is 0.167. The number of halogens is 3. The van der Waals surface area contributed by atoms with Crippen LogP contribution in [0.3, 0.4) is 0 Å². The van der Waals surface area contributed by atoms with Crippen LogP contribution in [-0.4, -0.2) is 15.3 Å². The van der Waals surface area contributed by atoms with Crippen molar-refractivity contribution in [1.82, 2.24) is 9.38 Å². The van der Waals surface area contributed by atoms with Gasteiger partial charge in [0.25, 0.3) is 5.91 Å². The second kappa shape index (κ2) is 5.96. The van der Waals surface area contributed by atoms with Gasteiger partial charge in [-0.1, -0.05) is 18.5 Å². The van der Waals surface area contributed by atoms with Crippen molar-refractivity contribution in [2.45, 2.75) is 13.3 Å². The molecule has 0 spiro atoms. The third kappa shape index (κ3) is 2.90. The molecule has 1 N–H and O–H groups in total. The zero-order valence-electron chi connectivity index (χ0n) is 12.1. The van der Waals surface area contributed by atoms with E-state index in [-0.39, 0.29) is 5.69 Å². The van der Waals surface area contributed by atoms with E-state index in [1.54, 1.807) is 22.7 Å². The van der Waals surface area contributed by atoms with E-state index in [1.165, 1.54) is 6.07 Å². The maximum Gasteiger partial charge on any atom is 0.274 e. The molecule has 1 aromatic carbocycles. The number of nitrogens with zero attached hydrogens (tertiary/aromatic N) is 2. The molecular weight excluding hydrogens is 324 g/mol. The molecule has 0 radical (unpaired) electrons. The summed E-state index contributed by atoms with van der Waals surface area (Å²) in [6.45, 7) is 1.87. The number of amides is 1. The molecule has 0 unspecified atom stereocenters. The number of fused-ring (bicyclic) bond motifs is 1. The second-order valence-electron chi connectivity index (χ2n) is 4.92. The minimum atomic E-state index is -1.02. The van der Waals surface area contributed by atoms with Gasteiger partial charge in [0.1, 0.15) is 11.3 Å². The molecule has 7 heteroatoms. The van der Waals surface area contributed by atoms with Crippen LogP contribution in [0.5, 0.6) is 0 Å². The molecule has 2 heterocycles. The van der Waals surface area contributed by atoms with Crippen LogP contribution in [-0.2, 0) is 6.42 Å². The Morgan fingerprint density at radius 2 is 2.04 bits per heavy atom. The van der Waals surface area contributed by atoms with Gasteiger partial charge in [0, 0.05) is 29.0 Å². The van der Waals surface area contributed by atoms with E-state index in [0.717, 1.165) is 12.1 Å². The number of anilines is 1. The first kappa shape index (κ1) is 15.4. The maximum atomic E-state index is 13.3. The first-order valence-corrected chi connectivity index (χ1v) is 7.30. The SMILES string of the molecule is CCc1nc2cc(Cl)ccn2c1C(=O)Nc1ccc(F)c(F)c1. The number of rotatable bonds is 3. The van der Waals surface area contributed by atoms with Gasteiger partial charge in [-0.05, 0) is 24.6 Å². The smallest absolute Gasteiger partial charge is 0.274 e. The van der Waals surface area contributed by atoms with Gasteiger partial charge in [-0.2, -0.15) is 0 Å². The van der Waals surface area contributed by atoms with E-state index in [0.29, 0.717) is 28.5 Å². The first-order chi connectivity index (χ1) is 11.0. The number of aromatic nitrogens is 2. The molecule has 118 valence electrons. The Morgan fingerprint density at radius 1 is 1.26 bits per heavy atom. The molecule has 0 fully saturated rings. The number of carbonyl (C=O) groups is 1. The predicted molar refractivity (Wildman–Crippen MR) is 83.9 cm³/mol. The lowest BCUT2D eigenvalue weighted by atomic mass is 10.2. The Labute approximate surface area is 135 Å². The molecule has 1 amide bonds. The van der Waals surface area contributed by atoms with Crippen LogP contribution in [0, 0.1) is 11.6 Å². The Bertz CT molecular complexity index is 908. The van der Waals surface area contributed by atoms with Gasteiger partial charge in [-0.3, -0.25) is 9.20 Å². The number of imidazole rings is 1. The number of carbonyl (C=O) groups excluding carboxylic acids is 1. The van der Waals surface area contributed by atoms with Crippen LogP contribution in [0.2, 0.25) is 5.02 Å². The zero-order valence-corrected chi connectivity index (χ0v) is 12.9. The van der Waals surface area contributed by atoms with Crippen molar-refractivity contribution < 1.29 is 13.6 Å². The standard InChI is InChI=1S/C16H12ClF2N3O/c1-2-13-15(22-6-5-9(17)7-14(22)21-13)16(23)20-10-3-4-11(18)12(19)8-10/h3-8H,2H2,1H3,(H,20,23). The van der Waals surface area contributed by atoms with E-state index >= 15 is 0 Å². The number of hydrogen-bond acceptors (Lipinski definition) is 2. The predicted octanol–water partition coefficient (Wildman–Crippen LogP) is 4.08. The Hall–Kier alpha value is -2.47. The van der Waals surface area contributed by atoms with E-state index in [1.807, 2.05) is 6.92 Å². The normalized spacial score (nSPS) is 11.0. The fourth-order valence-corrected chi connectivity index (χ4v) is 2.47. The number of benzene rings is 1. The molecule has 0 aliphatic rings. The average molecular weight is 336 g/mol. The minimum Gasteiger partial charge on any atom is -0.321 e. The van der Waals surface area contributed by atoms with Crippen LogP contribution >= 0.6 is 11.6 Å². The Kier molecular flexibility index (Phi) is 4.00. The molecule has 0 saturated carbocycles. The molecule has 0 aliphatic heterocycles. The molecule has 0 saturated heterocycles. The largest absolute Gasteiger partial charge is 0.321 e. The third-order valence-electron chi connectivity index (χ3n) is 3.39. The van der Waals surface area contributed by atoms with Gasteiger partial charge in [-0.15, -0.1) is 0 Å². The summed E-state index contributed by atoms with van der Waals surface area (Å²) in [6.07, 6.45) is 2.18. The second-order valence-corrected chi connectivity index (χ2v) is 5.35. The highest BCUT2D eigenvalue weighted by Gasteiger charge is 2.19.